The molecule has 1 saturated heterocycles. The van der Waals surface area contributed by atoms with Crippen molar-refractivity contribution < 1.29 is 14.7 Å². The van der Waals surface area contributed by atoms with Crippen LogP contribution in [0.3, 0.4) is 0 Å². The van der Waals surface area contributed by atoms with E-state index >= 15 is 0 Å². The van der Waals surface area contributed by atoms with Crippen LogP contribution in [0, 0.1) is 5.41 Å². The van der Waals surface area contributed by atoms with Crippen molar-refractivity contribution in [1.82, 2.24) is 20.6 Å². The summed E-state index contributed by atoms with van der Waals surface area (Å²) in [5.74, 6) is -1.23. The van der Waals surface area contributed by atoms with Gasteiger partial charge in [0.2, 0.25) is 5.91 Å². The fourth-order valence-corrected chi connectivity index (χ4v) is 2.35. The van der Waals surface area contributed by atoms with E-state index in [0.29, 0.717) is 5.69 Å². The van der Waals surface area contributed by atoms with Crippen molar-refractivity contribution in [2.45, 2.75) is 32.2 Å². The fraction of sp³-hybridized carbons (Fsp3) is 0.615. The first-order valence-corrected chi connectivity index (χ1v) is 6.73. The summed E-state index contributed by atoms with van der Waals surface area (Å²) in [6.07, 6.45) is 4.69. The molecule has 0 saturated carbocycles. The zero-order chi connectivity index (χ0) is 14.6. The summed E-state index contributed by atoms with van der Waals surface area (Å²) in [5, 5.41) is 15.1. The van der Waals surface area contributed by atoms with Gasteiger partial charge >= 0.3 is 5.97 Å². The molecule has 2 rings (SSSR count). The highest BCUT2D eigenvalue weighted by Crippen LogP contribution is 2.28. The van der Waals surface area contributed by atoms with Crippen LogP contribution >= 0.6 is 0 Å². The second-order valence-corrected chi connectivity index (χ2v) is 5.46. The Hall–Kier alpha value is -1.89. The molecule has 2 heterocycles. The van der Waals surface area contributed by atoms with Gasteiger partial charge in [0, 0.05) is 23.7 Å². The van der Waals surface area contributed by atoms with Crippen LogP contribution in [0.2, 0.25) is 0 Å². The summed E-state index contributed by atoms with van der Waals surface area (Å²) < 4.78 is 0. The summed E-state index contributed by atoms with van der Waals surface area (Å²) in [6, 6.07) is -0.935. The summed E-state index contributed by atoms with van der Waals surface area (Å²) >= 11 is 0. The lowest BCUT2D eigenvalue weighted by Crippen LogP contribution is -2.51. The molecule has 7 nitrogen and oxygen atoms in total. The molecule has 1 fully saturated rings. The van der Waals surface area contributed by atoms with E-state index in [9.17, 15) is 14.7 Å². The number of nitrogens with one attached hydrogen (secondary N) is 3. The van der Waals surface area contributed by atoms with Crippen LogP contribution < -0.4 is 10.6 Å². The molecular weight excluding hydrogens is 260 g/mol. The lowest BCUT2D eigenvalue weighted by Gasteiger charge is -2.33. The van der Waals surface area contributed by atoms with Gasteiger partial charge in [-0.05, 0) is 25.9 Å². The molecule has 0 spiro atoms. The van der Waals surface area contributed by atoms with Crippen LogP contribution in [-0.4, -0.2) is 46.1 Å². The Balaban J connectivity index is 2.00. The number of nitrogens with zero attached hydrogens (tertiary/aromatic N) is 1. The Kier molecular flexibility index (Phi) is 4.39. The predicted octanol–water partition coefficient (Wildman–Crippen LogP) is -0.0887. The van der Waals surface area contributed by atoms with E-state index in [1.54, 1.807) is 6.20 Å². The summed E-state index contributed by atoms with van der Waals surface area (Å²) in [5.41, 5.74) is 0.195. The number of amides is 1. The smallest absolute Gasteiger partial charge is 0.326 e. The normalized spacial score (nSPS) is 19.2. The Labute approximate surface area is 117 Å². The number of aromatic nitrogens is 2. The van der Waals surface area contributed by atoms with Crippen LogP contribution in [0.5, 0.6) is 0 Å². The first-order valence-electron chi connectivity index (χ1n) is 6.73. The van der Waals surface area contributed by atoms with Gasteiger partial charge in [-0.3, -0.25) is 4.79 Å². The zero-order valence-electron chi connectivity index (χ0n) is 11.5. The van der Waals surface area contributed by atoms with E-state index in [1.807, 2.05) is 6.92 Å². The number of imidazole rings is 1. The van der Waals surface area contributed by atoms with Gasteiger partial charge in [-0.25, -0.2) is 9.78 Å². The van der Waals surface area contributed by atoms with Crippen molar-refractivity contribution in [3.05, 3.63) is 18.2 Å². The van der Waals surface area contributed by atoms with E-state index < -0.39 is 17.4 Å². The van der Waals surface area contributed by atoms with Crippen LogP contribution in [0.25, 0.3) is 0 Å². The highest BCUT2D eigenvalue weighted by Gasteiger charge is 2.36. The van der Waals surface area contributed by atoms with Crippen LogP contribution in [0.15, 0.2) is 12.5 Å². The number of carboxylic acid groups (broad SMARTS) is 1. The highest BCUT2D eigenvalue weighted by molar-refractivity contribution is 5.87. The van der Waals surface area contributed by atoms with Crippen LogP contribution in [0.4, 0.5) is 0 Å². The average molecular weight is 280 g/mol. The number of piperidine rings is 1. The minimum Gasteiger partial charge on any atom is -0.480 e. The predicted molar refractivity (Wildman–Crippen MR) is 72.1 cm³/mol. The van der Waals surface area contributed by atoms with E-state index in [0.717, 1.165) is 25.9 Å². The standard InChI is InChI=1S/C13H20N4O3/c1-13(2-4-14-5-3-13)12(20)17-10(11(18)19)6-9-7-15-8-16-9/h7-8,10,14H,2-6H2,1H3,(H,15,16)(H,17,20)(H,18,19)/t10-/m1/s1. The van der Waals surface area contributed by atoms with Gasteiger partial charge in [-0.1, -0.05) is 6.92 Å². The number of hydrogen-bond acceptors (Lipinski definition) is 4. The Bertz CT molecular complexity index is 466. The van der Waals surface area contributed by atoms with Crippen molar-refractivity contribution in [1.29, 1.82) is 0 Å². The van der Waals surface area contributed by atoms with E-state index in [2.05, 4.69) is 20.6 Å². The lowest BCUT2D eigenvalue weighted by atomic mass is 9.80. The van der Waals surface area contributed by atoms with Gasteiger partial charge in [-0.2, -0.15) is 0 Å². The lowest BCUT2D eigenvalue weighted by molar-refractivity contribution is -0.144. The SMILES string of the molecule is CC1(C(=O)N[C@H](Cc2cnc[nH]2)C(=O)O)CCNCC1. The molecule has 1 aliphatic heterocycles. The summed E-state index contributed by atoms with van der Waals surface area (Å²) in [7, 11) is 0. The number of rotatable bonds is 5. The van der Waals surface area contributed by atoms with Gasteiger partial charge in [0.05, 0.1) is 6.33 Å². The highest BCUT2D eigenvalue weighted by atomic mass is 16.4. The van der Waals surface area contributed by atoms with Crippen LogP contribution in [0.1, 0.15) is 25.5 Å². The first-order chi connectivity index (χ1) is 9.51. The van der Waals surface area contributed by atoms with E-state index in [-0.39, 0.29) is 12.3 Å². The number of carboxylic acids is 1. The summed E-state index contributed by atoms with van der Waals surface area (Å²) in [6.45, 7) is 3.45. The van der Waals surface area contributed by atoms with Gasteiger partial charge in [0.25, 0.3) is 0 Å². The van der Waals surface area contributed by atoms with Gasteiger partial charge in [0.15, 0.2) is 0 Å². The third-order valence-electron chi connectivity index (χ3n) is 3.84. The van der Waals surface area contributed by atoms with E-state index in [1.165, 1.54) is 6.33 Å². The second-order valence-electron chi connectivity index (χ2n) is 5.46. The maximum atomic E-state index is 12.3. The maximum Gasteiger partial charge on any atom is 0.326 e. The molecule has 7 heteroatoms. The summed E-state index contributed by atoms with van der Waals surface area (Å²) in [4.78, 5) is 30.3. The molecule has 20 heavy (non-hydrogen) atoms. The second kappa shape index (κ2) is 6.04. The number of carbonyl (C=O) groups excluding carboxylic acids is 1. The van der Waals surface area contributed by atoms with Crippen LogP contribution in [-0.2, 0) is 16.0 Å². The van der Waals surface area contributed by atoms with Crippen molar-refractivity contribution in [2.24, 2.45) is 5.41 Å². The Morgan fingerprint density at radius 1 is 1.50 bits per heavy atom. The number of H-pyrrole nitrogens is 1. The molecule has 1 aromatic rings. The molecule has 1 aromatic heterocycles. The molecule has 0 unspecified atom stereocenters. The van der Waals surface area contributed by atoms with E-state index in [4.69, 9.17) is 0 Å². The van der Waals surface area contributed by atoms with Gasteiger partial charge in [-0.15, -0.1) is 0 Å². The minimum atomic E-state index is -1.04. The van der Waals surface area contributed by atoms with Gasteiger partial charge in [0.1, 0.15) is 6.04 Å². The molecule has 110 valence electrons. The molecule has 1 atom stereocenters. The number of hydrogen-bond donors (Lipinski definition) is 4. The monoisotopic (exact) mass is 280 g/mol. The van der Waals surface area contributed by atoms with Crippen molar-refractivity contribution >= 4 is 11.9 Å². The fourth-order valence-electron chi connectivity index (χ4n) is 2.35. The average Bonchev–Trinajstić information content (AvgIpc) is 2.91. The van der Waals surface area contributed by atoms with Crippen molar-refractivity contribution in [2.75, 3.05) is 13.1 Å². The molecular formula is C13H20N4O3. The molecule has 1 amide bonds. The van der Waals surface area contributed by atoms with Gasteiger partial charge < -0.3 is 20.7 Å². The molecule has 0 bridgehead atoms. The minimum absolute atomic E-state index is 0.189. The Morgan fingerprint density at radius 2 is 2.20 bits per heavy atom. The number of aliphatic carboxylic acids is 1. The molecule has 0 aliphatic carbocycles. The third-order valence-corrected chi connectivity index (χ3v) is 3.84. The number of carbonyl (C=O) groups is 2. The number of aromatic amines is 1. The molecule has 0 aromatic carbocycles. The maximum absolute atomic E-state index is 12.3. The van der Waals surface area contributed by atoms with Crippen molar-refractivity contribution in [3.63, 3.8) is 0 Å². The zero-order valence-corrected chi connectivity index (χ0v) is 11.5. The first kappa shape index (κ1) is 14.5. The largest absolute Gasteiger partial charge is 0.480 e. The topological polar surface area (TPSA) is 107 Å². The quantitative estimate of drug-likeness (QED) is 0.603. The molecule has 1 aliphatic rings. The van der Waals surface area contributed by atoms with Crippen molar-refractivity contribution in [3.8, 4) is 0 Å². The molecule has 4 N–H and O–H groups in total. The third kappa shape index (κ3) is 3.36. The molecule has 0 radical (unpaired) electrons. The Morgan fingerprint density at radius 3 is 2.75 bits per heavy atom.